The molecule has 0 amide bonds. The van der Waals surface area contributed by atoms with Crippen LogP contribution in [-0.4, -0.2) is 12.2 Å². The molecule has 0 N–H and O–H groups in total. The lowest BCUT2D eigenvalue weighted by Crippen LogP contribution is -2.24. The lowest BCUT2D eigenvalue weighted by Gasteiger charge is -2.24. The zero-order valence-electron chi connectivity index (χ0n) is 8.44. The fourth-order valence-electron chi connectivity index (χ4n) is 1.41. The van der Waals surface area contributed by atoms with Gasteiger partial charge in [-0.05, 0) is 32.6 Å². The summed E-state index contributed by atoms with van der Waals surface area (Å²) in [5.41, 5.74) is 0.0522. The molecule has 1 radical (unpaired) electrons. The zero-order chi connectivity index (χ0) is 9.03. The standard InChI is InChI=1S/C11H21O/c1-4-8-11(2,3)12-9-7-10-5-6-10/h10H,1,4-9H2,2-3H3. The molecule has 1 aliphatic carbocycles. The van der Waals surface area contributed by atoms with E-state index in [9.17, 15) is 0 Å². The van der Waals surface area contributed by atoms with Crippen LogP contribution < -0.4 is 0 Å². The molecular weight excluding hydrogens is 148 g/mol. The van der Waals surface area contributed by atoms with Crippen molar-refractivity contribution < 1.29 is 4.74 Å². The van der Waals surface area contributed by atoms with Crippen LogP contribution in [-0.2, 0) is 4.74 Å². The van der Waals surface area contributed by atoms with Gasteiger partial charge in [-0.2, -0.15) is 0 Å². The number of hydrogen-bond acceptors (Lipinski definition) is 1. The first-order chi connectivity index (χ1) is 5.64. The predicted molar refractivity (Wildman–Crippen MR) is 52.0 cm³/mol. The summed E-state index contributed by atoms with van der Waals surface area (Å²) in [6, 6.07) is 0. The Labute approximate surface area is 76.5 Å². The molecule has 0 aliphatic heterocycles. The quantitative estimate of drug-likeness (QED) is 0.593. The summed E-state index contributed by atoms with van der Waals surface area (Å²) in [4.78, 5) is 0. The highest BCUT2D eigenvalue weighted by Crippen LogP contribution is 2.32. The molecule has 12 heavy (non-hydrogen) atoms. The number of hydrogen-bond donors (Lipinski definition) is 0. The minimum absolute atomic E-state index is 0.0522. The number of rotatable bonds is 6. The third-order valence-electron chi connectivity index (χ3n) is 2.49. The lowest BCUT2D eigenvalue weighted by atomic mass is 10.0. The maximum absolute atomic E-state index is 5.78. The lowest BCUT2D eigenvalue weighted by molar-refractivity contribution is -0.0253. The van der Waals surface area contributed by atoms with Crippen LogP contribution in [0.1, 0.15) is 46.0 Å². The fourth-order valence-corrected chi connectivity index (χ4v) is 1.41. The van der Waals surface area contributed by atoms with Gasteiger partial charge in [-0.1, -0.05) is 26.2 Å². The van der Waals surface area contributed by atoms with Crippen LogP contribution >= 0.6 is 0 Å². The third kappa shape index (κ3) is 4.10. The highest BCUT2D eigenvalue weighted by atomic mass is 16.5. The summed E-state index contributed by atoms with van der Waals surface area (Å²) in [5.74, 6) is 0.987. The van der Waals surface area contributed by atoms with E-state index >= 15 is 0 Å². The summed E-state index contributed by atoms with van der Waals surface area (Å²) < 4.78 is 5.78. The van der Waals surface area contributed by atoms with E-state index in [4.69, 9.17) is 4.74 Å². The van der Waals surface area contributed by atoms with E-state index in [1.165, 1.54) is 19.3 Å². The average Bonchev–Trinajstić information content (AvgIpc) is 2.70. The summed E-state index contributed by atoms with van der Waals surface area (Å²) in [6.07, 6.45) is 6.16. The van der Waals surface area contributed by atoms with Crippen LogP contribution in [0.2, 0.25) is 0 Å². The molecule has 1 aliphatic rings. The minimum atomic E-state index is 0.0522. The second kappa shape index (κ2) is 4.27. The molecule has 71 valence electrons. The Balaban J connectivity index is 2.01. The average molecular weight is 169 g/mol. The van der Waals surface area contributed by atoms with Crippen molar-refractivity contribution in [2.24, 2.45) is 5.92 Å². The Morgan fingerprint density at radius 2 is 2.08 bits per heavy atom. The van der Waals surface area contributed by atoms with Crippen molar-refractivity contribution in [2.75, 3.05) is 6.61 Å². The van der Waals surface area contributed by atoms with E-state index < -0.39 is 0 Å². The van der Waals surface area contributed by atoms with Crippen molar-refractivity contribution in [3.05, 3.63) is 6.92 Å². The first-order valence-corrected chi connectivity index (χ1v) is 5.07. The van der Waals surface area contributed by atoms with E-state index in [1.807, 2.05) is 0 Å². The smallest absolute Gasteiger partial charge is 0.0626 e. The van der Waals surface area contributed by atoms with Gasteiger partial charge in [-0.25, -0.2) is 0 Å². The summed E-state index contributed by atoms with van der Waals surface area (Å²) >= 11 is 0. The van der Waals surface area contributed by atoms with Crippen molar-refractivity contribution >= 4 is 0 Å². The SMILES string of the molecule is [CH2]CCC(C)(C)OCCC1CC1. The van der Waals surface area contributed by atoms with Gasteiger partial charge < -0.3 is 4.74 Å². The van der Waals surface area contributed by atoms with Gasteiger partial charge in [0.05, 0.1) is 5.60 Å². The highest BCUT2D eigenvalue weighted by molar-refractivity contribution is 4.74. The van der Waals surface area contributed by atoms with Crippen LogP contribution in [0.25, 0.3) is 0 Å². The fraction of sp³-hybridized carbons (Fsp3) is 0.909. The molecule has 1 fully saturated rings. The van der Waals surface area contributed by atoms with E-state index in [0.717, 1.165) is 25.4 Å². The van der Waals surface area contributed by atoms with E-state index in [-0.39, 0.29) is 5.60 Å². The van der Waals surface area contributed by atoms with Gasteiger partial charge in [0, 0.05) is 6.61 Å². The number of ether oxygens (including phenoxy) is 1. The topological polar surface area (TPSA) is 9.23 Å². The molecule has 1 rings (SSSR count). The molecule has 0 bridgehead atoms. The first-order valence-electron chi connectivity index (χ1n) is 5.07. The second-order valence-electron chi connectivity index (χ2n) is 4.44. The molecule has 0 aromatic carbocycles. The van der Waals surface area contributed by atoms with Crippen molar-refractivity contribution in [1.82, 2.24) is 0 Å². The van der Waals surface area contributed by atoms with E-state index in [1.54, 1.807) is 0 Å². The second-order valence-corrected chi connectivity index (χ2v) is 4.44. The maximum Gasteiger partial charge on any atom is 0.0626 e. The van der Waals surface area contributed by atoms with Crippen molar-refractivity contribution in [3.63, 3.8) is 0 Å². The Bertz CT molecular complexity index is 125. The van der Waals surface area contributed by atoms with Crippen LogP contribution in [0.4, 0.5) is 0 Å². The molecule has 0 heterocycles. The monoisotopic (exact) mass is 169 g/mol. The van der Waals surface area contributed by atoms with Gasteiger partial charge in [-0.15, -0.1) is 0 Å². The van der Waals surface area contributed by atoms with Gasteiger partial charge in [0.2, 0.25) is 0 Å². The normalized spacial score (nSPS) is 18.2. The van der Waals surface area contributed by atoms with Gasteiger partial charge in [0.25, 0.3) is 0 Å². The molecular formula is C11H21O. The van der Waals surface area contributed by atoms with Gasteiger partial charge in [-0.3, -0.25) is 0 Å². The Kier molecular flexibility index (Phi) is 3.57. The van der Waals surface area contributed by atoms with Crippen LogP contribution in [0, 0.1) is 12.8 Å². The van der Waals surface area contributed by atoms with Crippen molar-refractivity contribution in [2.45, 2.75) is 51.6 Å². The summed E-state index contributed by atoms with van der Waals surface area (Å²) in [7, 11) is 0. The largest absolute Gasteiger partial charge is 0.376 e. The molecule has 1 saturated carbocycles. The molecule has 0 saturated heterocycles. The third-order valence-corrected chi connectivity index (χ3v) is 2.49. The highest BCUT2D eigenvalue weighted by Gasteiger charge is 2.23. The molecule has 0 unspecified atom stereocenters. The Morgan fingerprint density at radius 3 is 2.58 bits per heavy atom. The van der Waals surface area contributed by atoms with Crippen molar-refractivity contribution in [3.8, 4) is 0 Å². The van der Waals surface area contributed by atoms with Crippen LogP contribution in [0.15, 0.2) is 0 Å². The maximum atomic E-state index is 5.78. The molecule has 0 aromatic heterocycles. The summed E-state index contributed by atoms with van der Waals surface area (Å²) in [5, 5.41) is 0. The first kappa shape index (κ1) is 10.0. The van der Waals surface area contributed by atoms with E-state index in [2.05, 4.69) is 20.8 Å². The summed E-state index contributed by atoms with van der Waals surface area (Å²) in [6.45, 7) is 9.10. The van der Waals surface area contributed by atoms with Gasteiger partial charge in [0.1, 0.15) is 0 Å². The minimum Gasteiger partial charge on any atom is -0.376 e. The molecule has 1 nitrogen and oxygen atoms in total. The van der Waals surface area contributed by atoms with Crippen LogP contribution in [0.3, 0.4) is 0 Å². The molecule has 0 spiro atoms. The Hall–Kier alpha value is -0.0400. The van der Waals surface area contributed by atoms with Gasteiger partial charge in [0.15, 0.2) is 0 Å². The predicted octanol–water partition coefficient (Wildman–Crippen LogP) is 3.20. The van der Waals surface area contributed by atoms with Crippen LogP contribution in [0.5, 0.6) is 0 Å². The van der Waals surface area contributed by atoms with Gasteiger partial charge >= 0.3 is 0 Å². The molecule has 0 atom stereocenters. The van der Waals surface area contributed by atoms with E-state index in [0.29, 0.717) is 0 Å². The zero-order valence-corrected chi connectivity index (χ0v) is 8.44. The molecule has 0 aromatic rings. The molecule has 1 heteroatoms. The Morgan fingerprint density at radius 1 is 1.42 bits per heavy atom. The van der Waals surface area contributed by atoms with Crippen molar-refractivity contribution in [1.29, 1.82) is 0 Å².